The number of alkyl halides is 3. The number of carbonyl (C=O) groups is 1. The van der Waals surface area contributed by atoms with Crippen molar-refractivity contribution in [3.05, 3.63) is 72.2 Å². The maximum absolute atomic E-state index is 13.9. The van der Waals surface area contributed by atoms with Gasteiger partial charge >= 0.3 is 6.18 Å². The Kier molecular flexibility index (Phi) is 6.44. The van der Waals surface area contributed by atoms with Crippen molar-refractivity contribution in [2.45, 2.75) is 37.9 Å². The lowest BCUT2D eigenvalue weighted by atomic mass is 10.0. The maximum atomic E-state index is 13.9. The molecule has 11 heteroatoms. The van der Waals surface area contributed by atoms with E-state index < -0.39 is 18.4 Å². The molecule has 202 valence electrons. The standard InChI is InChI=1S/C28H26F4N6O/c29-20-5-1-4-19(15-20)22-7-3-12-37(22)27-10-9-25-33-16-23(38(25)35-27)21-6-2-8-26(34-21)36-13-11-18(17-36)14-24(39)28(30,31)32/h1-2,4-6,8-10,15-16,18,22H,3,7,11-14,17H2/t18-,22?/m1/s1. The van der Waals surface area contributed by atoms with Crippen LogP contribution in [0.4, 0.5) is 29.2 Å². The van der Waals surface area contributed by atoms with Gasteiger partial charge in [-0.3, -0.25) is 4.79 Å². The summed E-state index contributed by atoms with van der Waals surface area (Å²) in [5.74, 6) is -0.924. The van der Waals surface area contributed by atoms with E-state index in [1.54, 1.807) is 22.8 Å². The lowest BCUT2D eigenvalue weighted by Crippen LogP contribution is -2.27. The van der Waals surface area contributed by atoms with Gasteiger partial charge < -0.3 is 9.80 Å². The van der Waals surface area contributed by atoms with E-state index in [2.05, 4.69) is 9.88 Å². The van der Waals surface area contributed by atoms with Crippen LogP contribution in [-0.4, -0.2) is 51.2 Å². The highest BCUT2D eigenvalue weighted by molar-refractivity contribution is 5.84. The molecule has 0 amide bonds. The molecule has 39 heavy (non-hydrogen) atoms. The fraction of sp³-hybridized carbons (Fsp3) is 0.357. The first-order valence-electron chi connectivity index (χ1n) is 13.0. The second kappa shape index (κ2) is 9.94. The number of anilines is 2. The zero-order valence-electron chi connectivity index (χ0n) is 21.0. The van der Waals surface area contributed by atoms with Gasteiger partial charge in [0.15, 0.2) is 5.65 Å². The topological polar surface area (TPSA) is 66.6 Å². The first-order chi connectivity index (χ1) is 18.8. The average molecular weight is 539 g/mol. The predicted molar refractivity (Wildman–Crippen MR) is 138 cm³/mol. The molecule has 6 rings (SSSR count). The predicted octanol–water partition coefficient (Wildman–Crippen LogP) is 5.62. The zero-order chi connectivity index (χ0) is 27.1. The number of Topliss-reactive ketones (excluding diaryl/α,β-unsaturated/α-hetero) is 1. The van der Waals surface area contributed by atoms with Crippen molar-refractivity contribution in [2.24, 2.45) is 5.92 Å². The van der Waals surface area contributed by atoms with Crippen molar-refractivity contribution < 1.29 is 22.4 Å². The number of ketones is 1. The number of imidazole rings is 1. The largest absolute Gasteiger partial charge is 0.449 e. The number of rotatable bonds is 6. The van der Waals surface area contributed by atoms with E-state index in [1.807, 2.05) is 41.3 Å². The molecular weight excluding hydrogens is 512 g/mol. The van der Waals surface area contributed by atoms with Crippen molar-refractivity contribution in [3.63, 3.8) is 0 Å². The lowest BCUT2D eigenvalue weighted by Gasteiger charge is -2.26. The van der Waals surface area contributed by atoms with Crippen LogP contribution in [0.25, 0.3) is 17.0 Å². The Bertz CT molecular complexity index is 1520. The minimum Gasteiger partial charge on any atom is -0.356 e. The minimum atomic E-state index is -4.80. The van der Waals surface area contributed by atoms with Crippen molar-refractivity contribution in [3.8, 4) is 11.4 Å². The Morgan fingerprint density at radius 2 is 1.85 bits per heavy atom. The third-order valence-electron chi connectivity index (χ3n) is 7.53. The van der Waals surface area contributed by atoms with E-state index in [9.17, 15) is 22.4 Å². The summed E-state index contributed by atoms with van der Waals surface area (Å²) in [5, 5.41) is 4.88. The van der Waals surface area contributed by atoms with Gasteiger partial charge in [-0.25, -0.2) is 18.9 Å². The molecule has 5 heterocycles. The molecule has 2 aliphatic rings. The van der Waals surface area contributed by atoms with Crippen LogP contribution in [0.15, 0.2) is 60.8 Å². The van der Waals surface area contributed by atoms with Gasteiger partial charge in [-0.1, -0.05) is 18.2 Å². The summed E-state index contributed by atoms with van der Waals surface area (Å²) in [6.07, 6.45) is -1.25. The molecule has 3 aromatic heterocycles. The highest BCUT2D eigenvalue weighted by Gasteiger charge is 2.40. The molecule has 0 bridgehead atoms. The van der Waals surface area contributed by atoms with Crippen molar-refractivity contribution in [1.82, 2.24) is 19.6 Å². The monoisotopic (exact) mass is 538 g/mol. The van der Waals surface area contributed by atoms with Crippen LogP contribution >= 0.6 is 0 Å². The Morgan fingerprint density at radius 1 is 1.00 bits per heavy atom. The maximum Gasteiger partial charge on any atom is 0.449 e. The van der Waals surface area contributed by atoms with E-state index in [-0.39, 0.29) is 17.8 Å². The number of halogens is 4. The molecule has 1 aromatic carbocycles. The van der Waals surface area contributed by atoms with Crippen LogP contribution in [0.2, 0.25) is 0 Å². The summed E-state index contributed by atoms with van der Waals surface area (Å²) in [4.78, 5) is 24.8. The average Bonchev–Trinajstić information content (AvgIpc) is 3.67. The zero-order valence-corrected chi connectivity index (χ0v) is 21.0. The van der Waals surface area contributed by atoms with Gasteiger partial charge in [0.2, 0.25) is 5.78 Å². The molecule has 0 aliphatic carbocycles. The van der Waals surface area contributed by atoms with Crippen molar-refractivity contribution in [2.75, 3.05) is 29.4 Å². The Balaban J connectivity index is 1.25. The molecular formula is C28H26F4N6O. The summed E-state index contributed by atoms with van der Waals surface area (Å²) in [6, 6.07) is 16.0. The van der Waals surface area contributed by atoms with Gasteiger partial charge in [0.25, 0.3) is 0 Å². The highest BCUT2D eigenvalue weighted by Crippen LogP contribution is 2.36. The molecule has 2 aliphatic heterocycles. The van der Waals surface area contributed by atoms with Crippen LogP contribution in [0.5, 0.6) is 0 Å². The van der Waals surface area contributed by atoms with E-state index >= 15 is 0 Å². The second-order valence-electron chi connectivity index (χ2n) is 10.1. The number of benzene rings is 1. The summed E-state index contributed by atoms with van der Waals surface area (Å²) in [6.45, 7) is 1.66. The smallest absolute Gasteiger partial charge is 0.356 e. The fourth-order valence-electron chi connectivity index (χ4n) is 5.62. The molecule has 1 unspecified atom stereocenters. The summed E-state index contributed by atoms with van der Waals surface area (Å²) in [5.41, 5.74) is 2.87. The molecule has 7 nitrogen and oxygen atoms in total. The van der Waals surface area contributed by atoms with Crippen molar-refractivity contribution >= 4 is 23.1 Å². The number of hydrogen-bond donors (Lipinski definition) is 0. The van der Waals surface area contributed by atoms with Gasteiger partial charge in [0.05, 0.1) is 17.9 Å². The van der Waals surface area contributed by atoms with E-state index in [4.69, 9.17) is 10.1 Å². The number of carbonyl (C=O) groups excluding carboxylic acids is 1. The van der Waals surface area contributed by atoms with Gasteiger partial charge in [-0.05, 0) is 67.1 Å². The molecule has 4 aromatic rings. The number of fused-ring (bicyclic) bond motifs is 1. The van der Waals surface area contributed by atoms with Gasteiger partial charge in [0, 0.05) is 26.1 Å². The first-order valence-corrected chi connectivity index (χ1v) is 13.0. The molecule has 0 N–H and O–H groups in total. The van der Waals surface area contributed by atoms with E-state index in [0.29, 0.717) is 42.4 Å². The summed E-state index contributed by atoms with van der Waals surface area (Å²) in [7, 11) is 0. The quantitative estimate of drug-likeness (QED) is 0.297. The van der Waals surface area contributed by atoms with Crippen LogP contribution in [0.3, 0.4) is 0 Å². The van der Waals surface area contributed by atoms with Crippen molar-refractivity contribution in [1.29, 1.82) is 0 Å². The number of aromatic nitrogens is 4. The SMILES string of the molecule is O=C(C[C@H]1CCN(c2cccc(-c3cnc4ccc(N5CCCC5c5cccc(F)c5)nn34)n2)C1)C(F)(F)F. The molecule has 0 spiro atoms. The van der Waals surface area contributed by atoms with Crippen LogP contribution in [0.1, 0.15) is 37.3 Å². The van der Waals surface area contributed by atoms with Gasteiger partial charge in [0.1, 0.15) is 23.1 Å². The fourth-order valence-corrected chi connectivity index (χ4v) is 5.62. The summed E-state index contributed by atoms with van der Waals surface area (Å²) >= 11 is 0. The van der Waals surface area contributed by atoms with E-state index in [1.165, 1.54) is 6.07 Å². The number of pyridine rings is 1. The van der Waals surface area contributed by atoms with Crippen LogP contribution in [0, 0.1) is 11.7 Å². The highest BCUT2D eigenvalue weighted by atomic mass is 19.4. The number of nitrogens with zero attached hydrogens (tertiary/aromatic N) is 6. The molecule has 2 atom stereocenters. The normalized spacial score (nSPS) is 19.8. The lowest BCUT2D eigenvalue weighted by molar-refractivity contribution is -0.171. The van der Waals surface area contributed by atoms with E-state index in [0.717, 1.165) is 30.8 Å². The Morgan fingerprint density at radius 3 is 2.67 bits per heavy atom. The van der Waals surface area contributed by atoms with Gasteiger partial charge in [-0.15, -0.1) is 5.10 Å². The molecule has 0 saturated carbocycles. The third kappa shape index (κ3) is 5.05. The molecule has 0 radical (unpaired) electrons. The summed E-state index contributed by atoms with van der Waals surface area (Å²) < 4.78 is 53.8. The Labute approximate surface area is 222 Å². The minimum absolute atomic E-state index is 0.0198. The van der Waals surface area contributed by atoms with Crippen LogP contribution in [-0.2, 0) is 4.79 Å². The molecule has 2 fully saturated rings. The molecule has 2 saturated heterocycles. The number of hydrogen-bond acceptors (Lipinski definition) is 6. The third-order valence-corrected chi connectivity index (χ3v) is 7.53. The first kappa shape index (κ1) is 25.3. The van der Waals surface area contributed by atoms with Gasteiger partial charge in [-0.2, -0.15) is 13.2 Å². The Hall–Kier alpha value is -4.02. The second-order valence-corrected chi connectivity index (χ2v) is 10.1. The van der Waals surface area contributed by atoms with Crippen LogP contribution < -0.4 is 9.80 Å².